The Balaban J connectivity index is 2.98. The lowest BCUT2D eigenvalue weighted by Gasteiger charge is -2.13. The molecule has 0 saturated heterocycles. The summed E-state index contributed by atoms with van der Waals surface area (Å²) >= 11 is 0. The molecule has 0 fully saturated rings. The number of nitrogens with zero attached hydrogens (tertiary/aromatic N) is 1. The van der Waals surface area contributed by atoms with Crippen LogP contribution in [-0.4, -0.2) is 21.5 Å². The SMILES string of the molecule is CC(C)(C)[S@](=O)/N=C/c1cc(OC(F)(F)F)ccc1F. The lowest BCUT2D eigenvalue weighted by Crippen LogP contribution is -2.19. The standard InChI is InChI=1S/C12H13F4NO2S/c1-11(2,3)20(18)17-7-8-6-9(4-5-10(8)13)19-12(14,15)16/h4-7H,1-3H3/b17-7+/t20-/m0/s1. The molecule has 0 N–H and O–H groups in total. The highest BCUT2D eigenvalue weighted by atomic mass is 32.2. The Kier molecular flexibility index (Phi) is 4.90. The molecule has 0 unspecified atom stereocenters. The molecule has 0 aromatic heterocycles. The van der Waals surface area contributed by atoms with Crippen molar-refractivity contribution in [2.45, 2.75) is 31.9 Å². The number of ether oxygens (including phenoxy) is 1. The zero-order valence-electron chi connectivity index (χ0n) is 11.0. The van der Waals surface area contributed by atoms with Crippen LogP contribution < -0.4 is 4.74 Å². The highest BCUT2D eigenvalue weighted by molar-refractivity contribution is 7.85. The fraction of sp³-hybridized carbons (Fsp3) is 0.417. The van der Waals surface area contributed by atoms with Gasteiger partial charge in [-0.05, 0) is 39.0 Å². The van der Waals surface area contributed by atoms with E-state index in [4.69, 9.17) is 0 Å². The van der Waals surface area contributed by atoms with E-state index in [1.54, 1.807) is 20.8 Å². The van der Waals surface area contributed by atoms with Crippen molar-refractivity contribution in [2.24, 2.45) is 4.40 Å². The first kappa shape index (κ1) is 16.6. The van der Waals surface area contributed by atoms with Crippen LogP contribution in [0.4, 0.5) is 17.6 Å². The lowest BCUT2D eigenvalue weighted by molar-refractivity contribution is -0.274. The van der Waals surface area contributed by atoms with E-state index in [0.29, 0.717) is 0 Å². The molecule has 112 valence electrons. The molecule has 0 aliphatic rings. The Hall–Kier alpha value is -1.44. The Labute approximate surface area is 116 Å². The van der Waals surface area contributed by atoms with Crippen LogP contribution in [0.25, 0.3) is 0 Å². The van der Waals surface area contributed by atoms with E-state index in [2.05, 4.69) is 9.13 Å². The Bertz CT molecular complexity index is 535. The maximum atomic E-state index is 13.4. The number of hydrogen-bond donors (Lipinski definition) is 0. The summed E-state index contributed by atoms with van der Waals surface area (Å²) in [6.45, 7) is 5.00. The molecule has 0 spiro atoms. The minimum Gasteiger partial charge on any atom is -0.406 e. The molecule has 1 atom stereocenters. The van der Waals surface area contributed by atoms with Crippen LogP contribution in [-0.2, 0) is 11.0 Å². The third-order valence-electron chi connectivity index (χ3n) is 2.01. The van der Waals surface area contributed by atoms with Gasteiger partial charge in [-0.2, -0.15) is 4.40 Å². The molecule has 0 aliphatic carbocycles. The van der Waals surface area contributed by atoms with Crippen LogP contribution in [0.15, 0.2) is 22.6 Å². The quantitative estimate of drug-likeness (QED) is 0.632. The van der Waals surface area contributed by atoms with Crippen LogP contribution in [0.2, 0.25) is 0 Å². The summed E-state index contributed by atoms with van der Waals surface area (Å²) in [6.07, 6.45) is -3.93. The van der Waals surface area contributed by atoms with Crippen LogP contribution in [0.1, 0.15) is 26.3 Å². The molecule has 1 aromatic carbocycles. The van der Waals surface area contributed by atoms with Gasteiger partial charge in [0.25, 0.3) is 0 Å². The molecule has 0 amide bonds. The lowest BCUT2D eigenvalue weighted by atomic mass is 10.2. The van der Waals surface area contributed by atoms with Gasteiger partial charge in [-0.1, -0.05) is 0 Å². The van der Waals surface area contributed by atoms with Gasteiger partial charge in [-0.25, -0.2) is 8.60 Å². The van der Waals surface area contributed by atoms with Gasteiger partial charge in [0, 0.05) is 11.8 Å². The number of benzene rings is 1. The molecule has 0 heterocycles. The highest BCUT2D eigenvalue weighted by Gasteiger charge is 2.31. The van der Waals surface area contributed by atoms with Crippen molar-refractivity contribution in [3.8, 4) is 5.75 Å². The van der Waals surface area contributed by atoms with Gasteiger partial charge in [0.15, 0.2) is 0 Å². The minimum absolute atomic E-state index is 0.232. The van der Waals surface area contributed by atoms with Crippen molar-refractivity contribution in [2.75, 3.05) is 0 Å². The summed E-state index contributed by atoms with van der Waals surface area (Å²) in [5, 5.41) is 0. The largest absolute Gasteiger partial charge is 0.573 e. The number of alkyl halides is 3. The van der Waals surface area contributed by atoms with Gasteiger partial charge < -0.3 is 4.74 Å². The first-order chi connectivity index (χ1) is 8.99. The zero-order valence-corrected chi connectivity index (χ0v) is 11.8. The van der Waals surface area contributed by atoms with Crippen molar-refractivity contribution < 1.29 is 26.5 Å². The summed E-state index contributed by atoms with van der Waals surface area (Å²) in [7, 11) is -1.63. The molecule has 0 aliphatic heterocycles. The maximum absolute atomic E-state index is 13.4. The summed E-state index contributed by atoms with van der Waals surface area (Å²) in [6, 6.07) is 2.51. The van der Waals surface area contributed by atoms with Gasteiger partial charge >= 0.3 is 6.36 Å². The van der Waals surface area contributed by atoms with Crippen molar-refractivity contribution >= 4 is 17.2 Å². The van der Waals surface area contributed by atoms with E-state index < -0.39 is 33.7 Å². The van der Waals surface area contributed by atoms with Gasteiger partial charge in [0.2, 0.25) is 0 Å². The second kappa shape index (κ2) is 5.90. The summed E-state index contributed by atoms with van der Waals surface area (Å²) < 4.78 is 67.9. The monoisotopic (exact) mass is 311 g/mol. The third kappa shape index (κ3) is 5.28. The molecule has 0 bridgehead atoms. The highest BCUT2D eigenvalue weighted by Crippen LogP contribution is 2.24. The maximum Gasteiger partial charge on any atom is 0.573 e. The van der Waals surface area contributed by atoms with Crippen molar-refractivity contribution in [1.29, 1.82) is 0 Å². The van der Waals surface area contributed by atoms with Crippen molar-refractivity contribution in [3.63, 3.8) is 0 Å². The first-order valence-corrected chi connectivity index (χ1v) is 6.61. The Morgan fingerprint density at radius 1 is 1.25 bits per heavy atom. The van der Waals surface area contributed by atoms with E-state index in [9.17, 15) is 21.8 Å². The predicted molar refractivity (Wildman–Crippen MR) is 68.6 cm³/mol. The molecular formula is C12H13F4NO2S. The predicted octanol–water partition coefficient (Wildman–Crippen LogP) is 3.61. The van der Waals surface area contributed by atoms with E-state index in [-0.39, 0.29) is 5.56 Å². The molecular weight excluding hydrogens is 298 g/mol. The van der Waals surface area contributed by atoms with Crippen molar-refractivity contribution in [1.82, 2.24) is 0 Å². The molecule has 8 heteroatoms. The minimum atomic E-state index is -4.86. The van der Waals surface area contributed by atoms with E-state index in [1.807, 2.05) is 0 Å². The number of rotatable bonds is 3. The van der Waals surface area contributed by atoms with E-state index in [1.165, 1.54) is 0 Å². The smallest absolute Gasteiger partial charge is 0.406 e. The Morgan fingerprint density at radius 3 is 2.35 bits per heavy atom. The molecule has 1 rings (SSSR count). The molecule has 20 heavy (non-hydrogen) atoms. The summed E-state index contributed by atoms with van der Waals surface area (Å²) in [4.78, 5) is 0. The fourth-order valence-corrected chi connectivity index (χ4v) is 1.61. The van der Waals surface area contributed by atoms with Gasteiger partial charge in [-0.3, -0.25) is 0 Å². The molecule has 0 saturated carbocycles. The summed E-state index contributed by atoms with van der Waals surface area (Å²) in [5.41, 5.74) is -0.232. The van der Waals surface area contributed by atoms with E-state index in [0.717, 1.165) is 24.4 Å². The fourth-order valence-electron chi connectivity index (χ4n) is 1.08. The van der Waals surface area contributed by atoms with E-state index >= 15 is 0 Å². The second-order valence-corrected chi connectivity index (χ2v) is 6.76. The molecule has 0 radical (unpaired) electrons. The van der Waals surface area contributed by atoms with Crippen LogP contribution in [0, 0.1) is 5.82 Å². The van der Waals surface area contributed by atoms with Crippen LogP contribution in [0.5, 0.6) is 5.75 Å². The summed E-state index contributed by atoms with van der Waals surface area (Å²) in [5.74, 6) is -1.35. The second-order valence-electron chi connectivity index (χ2n) is 4.83. The van der Waals surface area contributed by atoms with Crippen molar-refractivity contribution in [3.05, 3.63) is 29.6 Å². The van der Waals surface area contributed by atoms with Gasteiger partial charge in [0.05, 0.1) is 4.75 Å². The third-order valence-corrected chi connectivity index (χ3v) is 3.36. The topological polar surface area (TPSA) is 38.7 Å². The number of halogens is 4. The zero-order chi connectivity index (χ0) is 15.6. The number of hydrogen-bond acceptors (Lipinski definition) is 2. The average molecular weight is 311 g/mol. The average Bonchev–Trinajstić information content (AvgIpc) is 2.26. The van der Waals surface area contributed by atoms with Crippen LogP contribution >= 0.6 is 0 Å². The Morgan fingerprint density at radius 2 is 1.85 bits per heavy atom. The van der Waals surface area contributed by atoms with Gasteiger partial charge in [0.1, 0.15) is 22.6 Å². The first-order valence-electron chi connectivity index (χ1n) is 5.50. The normalized spacial score (nSPS) is 14.6. The van der Waals surface area contributed by atoms with Crippen LogP contribution in [0.3, 0.4) is 0 Å². The van der Waals surface area contributed by atoms with Gasteiger partial charge in [-0.15, -0.1) is 13.2 Å². The molecule has 3 nitrogen and oxygen atoms in total. The molecule has 1 aromatic rings.